The second-order valence-corrected chi connectivity index (χ2v) is 6.02. The predicted molar refractivity (Wildman–Crippen MR) is 66.6 cm³/mol. The molecule has 0 spiro atoms. The third-order valence-electron chi connectivity index (χ3n) is 4.81. The van der Waals surface area contributed by atoms with E-state index in [0.29, 0.717) is 0 Å². The number of likely N-dealkylation sites (tertiary alicyclic amines) is 2. The van der Waals surface area contributed by atoms with Crippen LogP contribution in [0.5, 0.6) is 0 Å². The van der Waals surface area contributed by atoms with E-state index < -0.39 is 0 Å². The van der Waals surface area contributed by atoms with Gasteiger partial charge < -0.3 is 15.1 Å². The molecule has 0 aliphatic carbocycles. The second-order valence-electron chi connectivity index (χ2n) is 6.02. The average molecular weight is 223 g/mol. The Kier molecular flexibility index (Phi) is 3.18. The molecule has 0 aromatic rings. The Morgan fingerprint density at radius 3 is 2.81 bits per heavy atom. The Morgan fingerprint density at radius 1 is 1.19 bits per heavy atom. The molecule has 3 rings (SSSR count). The fraction of sp³-hybridized carbons (Fsp3) is 1.00. The Morgan fingerprint density at radius 2 is 2.06 bits per heavy atom. The summed E-state index contributed by atoms with van der Waals surface area (Å²) in [6.07, 6.45) is 4.28. The minimum absolute atomic E-state index is 0.893. The Balaban J connectivity index is 1.53. The third kappa shape index (κ3) is 2.13. The van der Waals surface area contributed by atoms with Gasteiger partial charge in [-0.2, -0.15) is 0 Å². The van der Waals surface area contributed by atoms with Gasteiger partial charge in [-0.25, -0.2) is 0 Å². The smallest absolute Gasteiger partial charge is 0.0145 e. The van der Waals surface area contributed by atoms with E-state index in [-0.39, 0.29) is 0 Å². The number of nitrogens with one attached hydrogen (secondary N) is 1. The minimum atomic E-state index is 0.893. The average Bonchev–Trinajstić information content (AvgIpc) is 2.24. The van der Waals surface area contributed by atoms with E-state index in [9.17, 15) is 0 Å². The quantitative estimate of drug-likeness (QED) is 0.740. The molecule has 3 fully saturated rings. The molecule has 2 atom stereocenters. The molecule has 3 aliphatic rings. The molecule has 3 heterocycles. The summed E-state index contributed by atoms with van der Waals surface area (Å²) in [4.78, 5) is 5.34. The molecule has 92 valence electrons. The van der Waals surface area contributed by atoms with Crippen LogP contribution in [0.3, 0.4) is 0 Å². The van der Waals surface area contributed by atoms with E-state index in [2.05, 4.69) is 22.2 Å². The molecule has 0 radical (unpaired) electrons. The van der Waals surface area contributed by atoms with Crippen molar-refractivity contribution in [2.75, 3.05) is 46.3 Å². The number of rotatable bonds is 2. The summed E-state index contributed by atoms with van der Waals surface area (Å²) >= 11 is 0. The standard InChI is InChI=1S/C13H25N3/c1-15-5-2-3-12-10-16(6-4-13(12)15)9-11-7-14-8-11/h11-14H,2-10H2,1H3. The lowest BCUT2D eigenvalue weighted by atomic mass is 9.83. The first-order valence-electron chi connectivity index (χ1n) is 6.96. The van der Waals surface area contributed by atoms with Crippen LogP contribution in [0.15, 0.2) is 0 Å². The van der Waals surface area contributed by atoms with Crippen LogP contribution in [0.1, 0.15) is 19.3 Å². The molecule has 3 heteroatoms. The van der Waals surface area contributed by atoms with Crippen LogP contribution >= 0.6 is 0 Å². The monoisotopic (exact) mass is 223 g/mol. The van der Waals surface area contributed by atoms with Crippen molar-refractivity contribution < 1.29 is 0 Å². The van der Waals surface area contributed by atoms with Crippen LogP contribution in [0.4, 0.5) is 0 Å². The Bertz CT molecular complexity index is 239. The van der Waals surface area contributed by atoms with Gasteiger partial charge >= 0.3 is 0 Å². The van der Waals surface area contributed by atoms with Crippen molar-refractivity contribution in [3.63, 3.8) is 0 Å². The number of piperidine rings is 2. The van der Waals surface area contributed by atoms with Gasteiger partial charge in [0, 0.05) is 32.2 Å². The van der Waals surface area contributed by atoms with Crippen LogP contribution in [0, 0.1) is 11.8 Å². The van der Waals surface area contributed by atoms with Crippen LogP contribution in [-0.4, -0.2) is 62.2 Å². The summed E-state index contributed by atoms with van der Waals surface area (Å²) in [5, 5.41) is 3.38. The van der Waals surface area contributed by atoms with E-state index >= 15 is 0 Å². The molecule has 0 aromatic carbocycles. The highest BCUT2D eigenvalue weighted by Gasteiger charge is 2.35. The van der Waals surface area contributed by atoms with Gasteiger partial charge in [0.05, 0.1) is 0 Å². The zero-order valence-electron chi connectivity index (χ0n) is 10.5. The normalized spacial score (nSPS) is 38.1. The lowest BCUT2D eigenvalue weighted by molar-refractivity contribution is 0.0288. The van der Waals surface area contributed by atoms with Gasteiger partial charge in [-0.05, 0) is 51.2 Å². The first kappa shape index (κ1) is 11.0. The van der Waals surface area contributed by atoms with E-state index in [1.165, 1.54) is 58.5 Å². The summed E-state index contributed by atoms with van der Waals surface area (Å²) in [5.41, 5.74) is 0. The summed E-state index contributed by atoms with van der Waals surface area (Å²) in [6, 6.07) is 0.893. The predicted octanol–water partition coefficient (Wildman–Crippen LogP) is 0.622. The highest BCUT2D eigenvalue weighted by Crippen LogP contribution is 2.29. The minimum Gasteiger partial charge on any atom is -0.316 e. The maximum Gasteiger partial charge on any atom is 0.0145 e. The highest BCUT2D eigenvalue weighted by molar-refractivity contribution is 4.90. The van der Waals surface area contributed by atoms with Crippen LogP contribution < -0.4 is 5.32 Å². The molecule has 0 bridgehead atoms. The summed E-state index contributed by atoms with van der Waals surface area (Å²) in [6.45, 7) is 7.89. The first-order chi connectivity index (χ1) is 7.83. The fourth-order valence-electron chi connectivity index (χ4n) is 3.74. The number of fused-ring (bicyclic) bond motifs is 1. The molecule has 3 aliphatic heterocycles. The van der Waals surface area contributed by atoms with Gasteiger partial charge in [0.15, 0.2) is 0 Å². The Labute approximate surface area is 99.2 Å². The zero-order valence-corrected chi connectivity index (χ0v) is 10.5. The number of hydrogen-bond acceptors (Lipinski definition) is 3. The van der Waals surface area contributed by atoms with Crippen LogP contribution in [0.2, 0.25) is 0 Å². The van der Waals surface area contributed by atoms with Gasteiger partial charge in [0.2, 0.25) is 0 Å². The van der Waals surface area contributed by atoms with E-state index in [4.69, 9.17) is 0 Å². The zero-order chi connectivity index (χ0) is 11.0. The van der Waals surface area contributed by atoms with Gasteiger partial charge in [-0.15, -0.1) is 0 Å². The lowest BCUT2D eigenvalue weighted by Gasteiger charge is -2.47. The first-order valence-corrected chi connectivity index (χ1v) is 6.96. The third-order valence-corrected chi connectivity index (χ3v) is 4.81. The fourth-order valence-corrected chi connectivity index (χ4v) is 3.74. The van der Waals surface area contributed by atoms with E-state index in [1.807, 2.05) is 0 Å². The molecule has 0 saturated carbocycles. The SMILES string of the molecule is CN1CCCC2CN(CC3CNC3)CCC21. The van der Waals surface area contributed by atoms with Crippen molar-refractivity contribution in [3.8, 4) is 0 Å². The van der Waals surface area contributed by atoms with Gasteiger partial charge in [0.25, 0.3) is 0 Å². The van der Waals surface area contributed by atoms with E-state index in [0.717, 1.165) is 17.9 Å². The van der Waals surface area contributed by atoms with Crippen LogP contribution in [0.25, 0.3) is 0 Å². The van der Waals surface area contributed by atoms with Crippen molar-refractivity contribution in [2.24, 2.45) is 11.8 Å². The molecule has 3 saturated heterocycles. The van der Waals surface area contributed by atoms with Crippen molar-refractivity contribution in [1.82, 2.24) is 15.1 Å². The molecule has 0 aromatic heterocycles. The number of nitrogens with zero attached hydrogens (tertiary/aromatic N) is 2. The van der Waals surface area contributed by atoms with Crippen molar-refractivity contribution in [1.29, 1.82) is 0 Å². The van der Waals surface area contributed by atoms with Crippen molar-refractivity contribution >= 4 is 0 Å². The molecule has 16 heavy (non-hydrogen) atoms. The van der Waals surface area contributed by atoms with Crippen molar-refractivity contribution in [2.45, 2.75) is 25.3 Å². The maximum atomic E-state index is 3.38. The molecule has 1 N–H and O–H groups in total. The largest absolute Gasteiger partial charge is 0.316 e. The summed E-state index contributed by atoms with van der Waals surface area (Å²) in [7, 11) is 2.32. The molecular formula is C13H25N3. The summed E-state index contributed by atoms with van der Waals surface area (Å²) in [5.74, 6) is 1.90. The Hall–Kier alpha value is -0.120. The molecule has 2 unspecified atom stereocenters. The molecule has 0 amide bonds. The van der Waals surface area contributed by atoms with Gasteiger partial charge in [0.1, 0.15) is 0 Å². The van der Waals surface area contributed by atoms with Gasteiger partial charge in [-0.1, -0.05) is 0 Å². The lowest BCUT2D eigenvalue weighted by Crippen LogP contribution is -2.55. The van der Waals surface area contributed by atoms with Crippen LogP contribution in [-0.2, 0) is 0 Å². The topological polar surface area (TPSA) is 18.5 Å². The maximum absolute atomic E-state index is 3.38. The number of hydrogen-bond donors (Lipinski definition) is 1. The second kappa shape index (κ2) is 4.63. The highest BCUT2D eigenvalue weighted by atomic mass is 15.2. The molecular weight excluding hydrogens is 198 g/mol. The van der Waals surface area contributed by atoms with Crippen molar-refractivity contribution in [3.05, 3.63) is 0 Å². The van der Waals surface area contributed by atoms with E-state index in [1.54, 1.807) is 0 Å². The summed E-state index contributed by atoms with van der Waals surface area (Å²) < 4.78 is 0. The van der Waals surface area contributed by atoms with Gasteiger partial charge in [-0.3, -0.25) is 0 Å². The molecule has 3 nitrogen and oxygen atoms in total.